The van der Waals surface area contributed by atoms with Crippen LogP contribution in [0.2, 0.25) is 5.02 Å². The zero-order valence-corrected chi connectivity index (χ0v) is 21.9. The number of hydrogen-bond donors (Lipinski definition) is 3. The van der Waals surface area contributed by atoms with Gasteiger partial charge in [0.15, 0.2) is 0 Å². The second-order valence-electron chi connectivity index (χ2n) is 9.40. The number of aromatic amines is 1. The molecule has 1 amide bonds. The molecule has 3 N–H and O–H groups in total. The van der Waals surface area contributed by atoms with E-state index in [9.17, 15) is 14.4 Å². The Hall–Kier alpha value is -4.14. The van der Waals surface area contributed by atoms with Gasteiger partial charge in [-0.3, -0.25) is 4.79 Å². The maximum absolute atomic E-state index is 13.5. The summed E-state index contributed by atoms with van der Waals surface area (Å²) in [5.41, 5.74) is 1.89. The molecule has 1 saturated heterocycles. The van der Waals surface area contributed by atoms with Crippen molar-refractivity contribution >= 4 is 40.3 Å². The summed E-state index contributed by atoms with van der Waals surface area (Å²) in [4.78, 5) is 42.8. The third-order valence-electron chi connectivity index (χ3n) is 6.58. The number of esters is 2. The Morgan fingerprint density at radius 2 is 1.49 bits per heavy atom. The molecule has 3 aromatic carbocycles. The van der Waals surface area contributed by atoms with Gasteiger partial charge in [-0.2, -0.15) is 0 Å². The maximum Gasteiger partial charge on any atom is 0.341 e. The van der Waals surface area contributed by atoms with Crippen LogP contribution in [0.3, 0.4) is 0 Å². The van der Waals surface area contributed by atoms with Crippen molar-refractivity contribution in [2.45, 2.75) is 32.1 Å². The van der Waals surface area contributed by atoms with Crippen molar-refractivity contribution in [1.29, 1.82) is 0 Å². The van der Waals surface area contributed by atoms with E-state index >= 15 is 0 Å². The van der Waals surface area contributed by atoms with Crippen LogP contribution < -0.4 is 10.6 Å². The van der Waals surface area contributed by atoms with Crippen molar-refractivity contribution in [2.75, 3.05) is 13.1 Å². The van der Waals surface area contributed by atoms with E-state index in [-0.39, 0.29) is 52.5 Å². The molecule has 0 spiro atoms. The average Bonchev–Trinajstić information content (AvgIpc) is 3.39. The Kier molecular flexibility index (Phi) is 8.24. The first-order valence-corrected chi connectivity index (χ1v) is 13.2. The van der Waals surface area contributed by atoms with E-state index in [1.165, 1.54) is 0 Å². The van der Waals surface area contributed by atoms with E-state index in [1.807, 2.05) is 60.7 Å². The molecule has 5 rings (SSSR count). The summed E-state index contributed by atoms with van der Waals surface area (Å²) in [6, 6.07) is 21.5. The fourth-order valence-corrected chi connectivity index (χ4v) is 4.89. The number of nitrogens with one attached hydrogen (secondary N) is 3. The first kappa shape index (κ1) is 26.5. The molecule has 0 bridgehead atoms. The van der Waals surface area contributed by atoms with Gasteiger partial charge in [0.1, 0.15) is 18.9 Å². The van der Waals surface area contributed by atoms with Crippen molar-refractivity contribution in [1.82, 2.24) is 15.6 Å². The monoisotopic (exact) mass is 545 g/mol. The molecule has 1 aromatic heterocycles. The SMILES string of the molecule is O=C(N[C@@H]1CCCNC1)c1cc2cc(Cl)c(C(=O)OCc3ccccc3)c(C(=O)OCc3ccccc3)c2[nH]1. The minimum atomic E-state index is -0.772. The van der Waals surface area contributed by atoms with Gasteiger partial charge < -0.3 is 25.1 Å². The van der Waals surface area contributed by atoms with Gasteiger partial charge in [-0.25, -0.2) is 9.59 Å². The van der Waals surface area contributed by atoms with Crippen molar-refractivity contribution in [3.8, 4) is 0 Å². The molecule has 8 nitrogen and oxygen atoms in total. The second-order valence-corrected chi connectivity index (χ2v) is 9.80. The minimum absolute atomic E-state index is 0.0000774. The van der Waals surface area contributed by atoms with Crippen LogP contribution in [-0.2, 0) is 22.7 Å². The van der Waals surface area contributed by atoms with E-state index in [0.717, 1.165) is 30.5 Å². The second kappa shape index (κ2) is 12.1. The van der Waals surface area contributed by atoms with Crippen molar-refractivity contribution < 1.29 is 23.9 Å². The number of halogens is 1. The van der Waals surface area contributed by atoms with Crippen molar-refractivity contribution in [3.05, 3.63) is 106 Å². The Bertz CT molecular complexity index is 1480. The van der Waals surface area contributed by atoms with E-state index in [2.05, 4.69) is 15.6 Å². The highest BCUT2D eigenvalue weighted by molar-refractivity contribution is 6.36. The summed E-state index contributed by atoms with van der Waals surface area (Å²) < 4.78 is 11.1. The lowest BCUT2D eigenvalue weighted by Crippen LogP contribution is -2.45. The van der Waals surface area contributed by atoms with Gasteiger partial charge in [-0.1, -0.05) is 72.3 Å². The fraction of sp³-hybridized carbons (Fsp3) is 0.233. The molecule has 0 aliphatic carbocycles. The quantitative estimate of drug-likeness (QED) is 0.268. The number of carbonyl (C=O) groups excluding carboxylic acids is 3. The molecule has 0 unspecified atom stereocenters. The van der Waals surface area contributed by atoms with Crippen LogP contribution in [0.5, 0.6) is 0 Å². The summed E-state index contributed by atoms with van der Waals surface area (Å²) in [6.07, 6.45) is 1.85. The predicted octanol–water partition coefficient (Wildman–Crippen LogP) is 5.02. The molecule has 39 heavy (non-hydrogen) atoms. The topological polar surface area (TPSA) is 110 Å². The van der Waals surface area contributed by atoms with Gasteiger partial charge in [0.25, 0.3) is 5.91 Å². The molecule has 9 heteroatoms. The number of piperidine rings is 1. The normalized spacial score (nSPS) is 15.1. The first-order chi connectivity index (χ1) is 19.0. The summed E-state index contributed by atoms with van der Waals surface area (Å²) in [7, 11) is 0. The number of rotatable bonds is 8. The van der Waals surface area contributed by atoms with Gasteiger partial charge in [0.2, 0.25) is 0 Å². The van der Waals surface area contributed by atoms with Gasteiger partial charge in [-0.05, 0) is 42.6 Å². The Morgan fingerprint density at radius 1 is 0.872 bits per heavy atom. The number of H-pyrrole nitrogens is 1. The third kappa shape index (κ3) is 6.30. The lowest BCUT2D eigenvalue weighted by molar-refractivity contribution is 0.0427. The average molecular weight is 546 g/mol. The largest absolute Gasteiger partial charge is 0.457 e. The standard InChI is InChI=1S/C30H28ClN3O5/c31-23-14-21-15-24(28(35)33-22-12-7-13-32-16-22)34-27(21)26(30(37)39-18-20-10-5-2-6-11-20)25(23)29(36)38-17-19-8-3-1-4-9-19/h1-6,8-11,14-15,22,32,34H,7,12-13,16-18H2,(H,33,35)/t22-/m1/s1. The number of amides is 1. The van der Waals surface area contributed by atoms with Crippen LogP contribution in [0.4, 0.5) is 0 Å². The van der Waals surface area contributed by atoms with Gasteiger partial charge in [-0.15, -0.1) is 0 Å². The molecule has 2 heterocycles. The van der Waals surface area contributed by atoms with Gasteiger partial charge >= 0.3 is 11.9 Å². The molecular weight excluding hydrogens is 518 g/mol. The summed E-state index contributed by atoms with van der Waals surface area (Å²) >= 11 is 6.56. The van der Waals surface area contributed by atoms with Crippen LogP contribution in [0, 0.1) is 0 Å². The zero-order chi connectivity index (χ0) is 27.2. The number of hydrogen-bond acceptors (Lipinski definition) is 6. The Morgan fingerprint density at radius 3 is 2.08 bits per heavy atom. The van der Waals surface area contributed by atoms with Crippen LogP contribution in [0.1, 0.15) is 55.2 Å². The van der Waals surface area contributed by atoms with Gasteiger partial charge in [0, 0.05) is 18.0 Å². The fourth-order valence-electron chi connectivity index (χ4n) is 4.60. The van der Waals surface area contributed by atoms with Crippen LogP contribution in [0.15, 0.2) is 72.8 Å². The number of fused-ring (bicyclic) bond motifs is 1. The molecule has 0 radical (unpaired) electrons. The smallest absolute Gasteiger partial charge is 0.341 e. The molecule has 0 saturated carbocycles. The van der Waals surface area contributed by atoms with Crippen LogP contribution in [-0.4, -0.2) is 42.0 Å². The highest BCUT2D eigenvalue weighted by Crippen LogP contribution is 2.32. The number of carbonyl (C=O) groups is 3. The molecule has 1 atom stereocenters. The number of ether oxygens (including phenoxy) is 2. The van der Waals surface area contributed by atoms with Crippen molar-refractivity contribution in [3.63, 3.8) is 0 Å². The first-order valence-electron chi connectivity index (χ1n) is 12.8. The summed E-state index contributed by atoms with van der Waals surface area (Å²) in [6.45, 7) is 1.61. The van der Waals surface area contributed by atoms with E-state index in [4.69, 9.17) is 21.1 Å². The molecule has 1 aliphatic heterocycles. The maximum atomic E-state index is 13.5. The van der Waals surface area contributed by atoms with Gasteiger partial charge in [0.05, 0.1) is 21.7 Å². The number of benzene rings is 3. The highest BCUT2D eigenvalue weighted by Gasteiger charge is 2.28. The lowest BCUT2D eigenvalue weighted by Gasteiger charge is -2.23. The summed E-state index contributed by atoms with van der Waals surface area (Å²) in [5.74, 6) is -1.84. The Balaban J connectivity index is 1.48. The highest BCUT2D eigenvalue weighted by atomic mass is 35.5. The molecule has 200 valence electrons. The lowest BCUT2D eigenvalue weighted by atomic mass is 10.0. The van der Waals surface area contributed by atoms with Crippen LogP contribution in [0.25, 0.3) is 10.9 Å². The minimum Gasteiger partial charge on any atom is -0.457 e. The molecule has 1 fully saturated rings. The Labute approximate surface area is 230 Å². The van der Waals surface area contributed by atoms with Crippen LogP contribution >= 0.6 is 11.6 Å². The van der Waals surface area contributed by atoms with E-state index in [1.54, 1.807) is 12.1 Å². The molecule has 1 aliphatic rings. The van der Waals surface area contributed by atoms with Crippen molar-refractivity contribution in [2.24, 2.45) is 0 Å². The zero-order valence-electron chi connectivity index (χ0n) is 21.2. The van der Waals surface area contributed by atoms with E-state index in [0.29, 0.717) is 11.9 Å². The molecular formula is C30H28ClN3O5. The van der Waals surface area contributed by atoms with E-state index < -0.39 is 11.9 Å². The predicted molar refractivity (Wildman–Crippen MR) is 148 cm³/mol. The molecule has 4 aromatic rings. The summed E-state index contributed by atoms with van der Waals surface area (Å²) in [5, 5.41) is 6.80. The number of aromatic nitrogens is 1. The third-order valence-corrected chi connectivity index (χ3v) is 6.88.